The first-order valence-corrected chi connectivity index (χ1v) is 5.27. The van der Waals surface area contributed by atoms with Gasteiger partial charge in [0, 0.05) is 14.5 Å². The zero-order chi connectivity index (χ0) is 10.1. The molecule has 4 nitrogen and oxygen atoms in total. The number of hydrogen-bond donors (Lipinski definition) is 1. The Balaban J connectivity index is 2.61. The minimum absolute atomic E-state index is 0.406. The number of benzene rings is 1. The molecule has 1 N–H and O–H groups in total. The Labute approximate surface area is 95.6 Å². The maximum absolute atomic E-state index is 10.7. The molecule has 0 aliphatic rings. The van der Waals surface area contributed by atoms with Gasteiger partial charge in [-0.15, -0.1) is 0 Å². The number of hydrogen-bond acceptors (Lipinski definition) is 3. The summed E-state index contributed by atoms with van der Waals surface area (Å²) in [7, 11) is 0. The van der Waals surface area contributed by atoms with E-state index in [1.54, 1.807) is 0 Å². The number of rotatable bonds is 1. The highest BCUT2D eigenvalue weighted by Crippen LogP contribution is 2.27. The molecule has 0 saturated heterocycles. The SMILES string of the molecule is O=c1[nH]c(-c2cc(Br)ccc2Br)no1. The van der Waals surface area contributed by atoms with Gasteiger partial charge in [0.25, 0.3) is 0 Å². The van der Waals surface area contributed by atoms with Crippen LogP contribution >= 0.6 is 31.9 Å². The Bertz CT molecular complexity index is 518. The van der Waals surface area contributed by atoms with Crippen LogP contribution in [-0.4, -0.2) is 10.1 Å². The average molecular weight is 320 g/mol. The lowest BCUT2D eigenvalue weighted by Gasteiger charge is -1.99. The summed E-state index contributed by atoms with van der Waals surface area (Å²) in [6.45, 7) is 0. The highest BCUT2D eigenvalue weighted by atomic mass is 79.9. The van der Waals surface area contributed by atoms with Crippen LogP contribution in [0.2, 0.25) is 0 Å². The molecule has 2 rings (SSSR count). The van der Waals surface area contributed by atoms with Gasteiger partial charge in [-0.2, -0.15) is 0 Å². The lowest BCUT2D eigenvalue weighted by atomic mass is 10.2. The Hall–Kier alpha value is -0.880. The fraction of sp³-hybridized carbons (Fsp3) is 0. The van der Waals surface area contributed by atoms with Crippen molar-refractivity contribution in [1.29, 1.82) is 0 Å². The van der Waals surface area contributed by atoms with Crippen molar-refractivity contribution in [3.63, 3.8) is 0 Å². The third-order valence-electron chi connectivity index (χ3n) is 1.62. The molecule has 0 aliphatic carbocycles. The van der Waals surface area contributed by atoms with Crippen LogP contribution in [0.15, 0.2) is 36.5 Å². The molecule has 1 heterocycles. The molecular formula is C8H4Br2N2O2. The van der Waals surface area contributed by atoms with Gasteiger partial charge in [0.1, 0.15) is 0 Å². The second kappa shape index (κ2) is 3.70. The third kappa shape index (κ3) is 1.80. The second-order valence-electron chi connectivity index (χ2n) is 2.57. The molecule has 0 radical (unpaired) electrons. The molecule has 0 unspecified atom stereocenters. The number of nitrogens with zero attached hydrogens (tertiary/aromatic N) is 1. The van der Waals surface area contributed by atoms with Crippen LogP contribution < -0.4 is 5.76 Å². The van der Waals surface area contributed by atoms with Crippen molar-refractivity contribution in [2.45, 2.75) is 0 Å². The zero-order valence-electron chi connectivity index (χ0n) is 6.75. The molecule has 0 aliphatic heterocycles. The fourth-order valence-electron chi connectivity index (χ4n) is 1.02. The van der Waals surface area contributed by atoms with E-state index in [9.17, 15) is 4.79 Å². The molecule has 0 bridgehead atoms. The summed E-state index contributed by atoms with van der Waals surface area (Å²) in [6.07, 6.45) is 0. The van der Waals surface area contributed by atoms with Crippen molar-refractivity contribution >= 4 is 31.9 Å². The first-order chi connectivity index (χ1) is 6.66. The molecule has 0 saturated carbocycles. The number of aromatic amines is 1. The van der Waals surface area contributed by atoms with Gasteiger partial charge in [-0.1, -0.05) is 37.0 Å². The Kier molecular flexibility index (Phi) is 2.56. The van der Waals surface area contributed by atoms with E-state index in [2.05, 4.69) is 46.5 Å². The summed E-state index contributed by atoms with van der Waals surface area (Å²) in [5, 5.41) is 3.59. The molecule has 1 aromatic carbocycles. The monoisotopic (exact) mass is 318 g/mol. The molecule has 0 fully saturated rings. The Morgan fingerprint density at radius 2 is 2.14 bits per heavy atom. The summed E-state index contributed by atoms with van der Waals surface area (Å²) in [5.74, 6) is -0.157. The van der Waals surface area contributed by atoms with E-state index >= 15 is 0 Å². The van der Waals surface area contributed by atoms with Crippen molar-refractivity contribution < 1.29 is 4.52 Å². The molecule has 0 atom stereocenters. The van der Waals surface area contributed by atoms with Gasteiger partial charge in [-0.25, -0.2) is 4.79 Å². The largest absolute Gasteiger partial charge is 0.439 e. The minimum Gasteiger partial charge on any atom is -0.296 e. The number of H-pyrrole nitrogens is 1. The summed E-state index contributed by atoms with van der Waals surface area (Å²) >= 11 is 6.68. The zero-order valence-corrected chi connectivity index (χ0v) is 9.92. The normalized spacial score (nSPS) is 10.4. The van der Waals surface area contributed by atoms with Crippen molar-refractivity contribution in [3.05, 3.63) is 37.7 Å². The molecule has 2 aromatic rings. The van der Waals surface area contributed by atoms with Crippen LogP contribution in [0.5, 0.6) is 0 Å². The van der Waals surface area contributed by atoms with E-state index in [1.165, 1.54) is 0 Å². The van der Waals surface area contributed by atoms with E-state index in [0.29, 0.717) is 5.82 Å². The van der Waals surface area contributed by atoms with E-state index in [4.69, 9.17) is 0 Å². The van der Waals surface area contributed by atoms with Gasteiger partial charge >= 0.3 is 5.76 Å². The van der Waals surface area contributed by atoms with Crippen LogP contribution in [0.3, 0.4) is 0 Å². The molecule has 0 amide bonds. The van der Waals surface area contributed by atoms with Gasteiger partial charge in [-0.05, 0) is 18.2 Å². The fourth-order valence-corrected chi connectivity index (χ4v) is 1.82. The van der Waals surface area contributed by atoms with Crippen LogP contribution in [0.25, 0.3) is 11.4 Å². The van der Waals surface area contributed by atoms with E-state index in [0.717, 1.165) is 14.5 Å². The van der Waals surface area contributed by atoms with Gasteiger partial charge in [-0.3, -0.25) is 9.51 Å². The average Bonchev–Trinajstić information content (AvgIpc) is 2.56. The van der Waals surface area contributed by atoms with Gasteiger partial charge in [0.15, 0.2) is 5.82 Å². The third-order valence-corrected chi connectivity index (χ3v) is 2.81. The maximum Gasteiger partial charge on any atom is 0.439 e. The van der Waals surface area contributed by atoms with Crippen LogP contribution in [-0.2, 0) is 0 Å². The highest BCUT2D eigenvalue weighted by Gasteiger charge is 2.08. The topological polar surface area (TPSA) is 58.9 Å². The van der Waals surface area contributed by atoms with E-state index in [1.807, 2.05) is 18.2 Å². The smallest absolute Gasteiger partial charge is 0.296 e. The second-order valence-corrected chi connectivity index (χ2v) is 4.34. The summed E-state index contributed by atoms with van der Waals surface area (Å²) in [4.78, 5) is 13.2. The highest BCUT2D eigenvalue weighted by molar-refractivity contribution is 9.11. The number of nitrogens with one attached hydrogen (secondary N) is 1. The quantitative estimate of drug-likeness (QED) is 0.878. The van der Waals surface area contributed by atoms with Gasteiger partial charge < -0.3 is 0 Å². The predicted octanol–water partition coefficient (Wildman–Crippen LogP) is 2.55. The first kappa shape index (κ1) is 9.67. The standard InChI is InChI=1S/C8H4Br2N2O2/c9-4-1-2-6(10)5(3-4)7-11-8(13)14-12-7/h1-3H,(H,11,12,13). The van der Waals surface area contributed by atoms with E-state index < -0.39 is 5.76 Å². The molecule has 72 valence electrons. The van der Waals surface area contributed by atoms with Crippen molar-refractivity contribution in [2.24, 2.45) is 0 Å². The van der Waals surface area contributed by atoms with Gasteiger partial charge in [0.05, 0.1) is 0 Å². The molecular weight excluding hydrogens is 316 g/mol. The minimum atomic E-state index is -0.563. The predicted molar refractivity (Wildman–Crippen MR) is 58.0 cm³/mol. The first-order valence-electron chi connectivity index (χ1n) is 3.68. The Morgan fingerprint density at radius 1 is 1.36 bits per heavy atom. The van der Waals surface area contributed by atoms with Crippen LogP contribution in [0, 0.1) is 0 Å². The van der Waals surface area contributed by atoms with E-state index in [-0.39, 0.29) is 0 Å². The summed E-state index contributed by atoms with van der Waals surface area (Å²) in [5.41, 5.74) is 0.769. The lowest BCUT2D eigenvalue weighted by molar-refractivity contribution is 0.388. The van der Waals surface area contributed by atoms with Gasteiger partial charge in [0.2, 0.25) is 0 Å². The molecule has 14 heavy (non-hydrogen) atoms. The maximum atomic E-state index is 10.7. The lowest BCUT2D eigenvalue weighted by Crippen LogP contribution is -1.95. The number of halogens is 2. The molecule has 6 heteroatoms. The van der Waals surface area contributed by atoms with Crippen LogP contribution in [0.4, 0.5) is 0 Å². The van der Waals surface area contributed by atoms with Crippen LogP contribution in [0.1, 0.15) is 0 Å². The van der Waals surface area contributed by atoms with Crippen molar-refractivity contribution in [3.8, 4) is 11.4 Å². The summed E-state index contributed by atoms with van der Waals surface area (Å²) < 4.78 is 6.16. The Morgan fingerprint density at radius 3 is 2.79 bits per heavy atom. The van der Waals surface area contributed by atoms with Crippen molar-refractivity contribution in [1.82, 2.24) is 10.1 Å². The number of aromatic nitrogens is 2. The molecule has 0 spiro atoms. The summed E-state index contributed by atoms with van der Waals surface area (Å²) in [6, 6.07) is 5.57. The van der Waals surface area contributed by atoms with Crippen molar-refractivity contribution in [2.75, 3.05) is 0 Å². The molecule has 1 aromatic heterocycles.